The summed E-state index contributed by atoms with van der Waals surface area (Å²) in [4.78, 5) is 35.4. The summed E-state index contributed by atoms with van der Waals surface area (Å²) >= 11 is 0. The Morgan fingerprint density at radius 2 is 1.65 bits per heavy atom. The van der Waals surface area contributed by atoms with E-state index in [0.29, 0.717) is 54.1 Å². The molecule has 6 rings (SSSR count). The predicted molar refractivity (Wildman–Crippen MR) is 226 cm³/mol. The van der Waals surface area contributed by atoms with E-state index in [-0.39, 0.29) is 29.4 Å². The monoisotopic (exact) mass is 790 g/mol. The van der Waals surface area contributed by atoms with Crippen molar-refractivity contribution in [3.8, 4) is 0 Å². The summed E-state index contributed by atoms with van der Waals surface area (Å²) in [6.45, 7) is 15.1. The van der Waals surface area contributed by atoms with Crippen LogP contribution in [0, 0.1) is 56.5 Å². The zero-order chi connectivity index (χ0) is 40.6. The Morgan fingerprint density at radius 1 is 0.860 bits per heavy atom. The van der Waals surface area contributed by atoms with Crippen LogP contribution < -0.4 is 21.3 Å². The number of allylic oxidation sites excluding steroid dienone is 1. The number of aromatic nitrogens is 2. The number of non-ortho nitro benzene ring substituents is 1. The molecule has 316 valence electrons. The molecule has 8 atom stereocenters. The zero-order valence-electron chi connectivity index (χ0n) is 35.5. The lowest BCUT2D eigenvalue weighted by Gasteiger charge is -2.58. The van der Waals surface area contributed by atoms with Gasteiger partial charge in [-0.15, -0.1) is 0 Å². The summed E-state index contributed by atoms with van der Waals surface area (Å²) < 4.78 is 4.70. The third-order valence-corrected chi connectivity index (χ3v) is 15.1. The molecule has 0 radical (unpaired) electrons. The lowest BCUT2D eigenvalue weighted by atomic mass is 9.47. The van der Waals surface area contributed by atoms with Gasteiger partial charge in [0.2, 0.25) is 17.3 Å². The fraction of sp³-hybridized carbons (Fsp3) is 0.778. The van der Waals surface area contributed by atoms with Gasteiger partial charge in [0.25, 0.3) is 0 Å². The van der Waals surface area contributed by atoms with Gasteiger partial charge < -0.3 is 21.3 Å². The number of hydrogen-bond acceptors (Lipinski definition) is 9. The van der Waals surface area contributed by atoms with Crippen LogP contribution in [0.4, 0.5) is 11.4 Å². The van der Waals surface area contributed by atoms with Gasteiger partial charge in [-0.2, -0.15) is 0 Å². The van der Waals surface area contributed by atoms with E-state index in [1.807, 2.05) is 0 Å². The molecule has 4 aliphatic carbocycles. The largest absolute Gasteiger partial charge is 0.383 e. The first-order valence-corrected chi connectivity index (χ1v) is 22.5. The number of nitrogens with one attached hydrogen (secondary N) is 4. The van der Waals surface area contributed by atoms with Gasteiger partial charge >= 0.3 is 5.69 Å². The van der Waals surface area contributed by atoms with Gasteiger partial charge in [0.15, 0.2) is 5.52 Å². The molecule has 2 aromatic rings. The number of hydrogen-bond donors (Lipinski definition) is 4. The van der Waals surface area contributed by atoms with Crippen molar-refractivity contribution >= 4 is 34.2 Å². The molecule has 12 nitrogen and oxygen atoms in total. The van der Waals surface area contributed by atoms with Crippen molar-refractivity contribution in [2.75, 3.05) is 31.5 Å². The Bertz CT molecular complexity index is 1710. The number of amides is 2. The van der Waals surface area contributed by atoms with E-state index in [1.165, 1.54) is 76.7 Å². The third kappa shape index (κ3) is 10.2. The van der Waals surface area contributed by atoms with Crippen LogP contribution in [0.3, 0.4) is 0 Å². The molecule has 0 aliphatic heterocycles. The van der Waals surface area contributed by atoms with Gasteiger partial charge in [0, 0.05) is 44.6 Å². The zero-order valence-corrected chi connectivity index (χ0v) is 35.5. The number of benzene rings is 1. The van der Waals surface area contributed by atoms with Crippen LogP contribution in [0.15, 0.2) is 28.4 Å². The summed E-state index contributed by atoms with van der Waals surface area (Å²) in [7, 11) is 0. The molecule has 4 aliphatic rings. The molecule has 4 N–H and O–H groups in total. The molecule has 3 saturated carbocycles. The number of nitrogens with zero attached hydrogens (tertiary/aromatic N) is 3. The molecule has 2 amide bonds. The standard InChI is InChI=1S/C45H71N7O5/c1-30(2)11-9-12-31(3)35-16-17-36-34-15-14-32-29-33(20-23-44(32,4)37(34)21-24-45(35,36)5)46-26-10-27-48-41(54)22-28-49-40(53)13-7-6-8-25-47-38-18-19-39(52(55)56)43-42(38)50-57-51-43/h14,18-19,30-31,33-37,46-47H,6-13,15-17,20-29H2,1-5H3,(H,48,54)(H,49,53)/t31?,33?,34?,35-,36?,37?,44+,45-/m1/s1. The van der Waals surface area contributed by atoms with E-state index in [4.69, 9.17) is 4.63 Å². The van der Waals surface area contributed by atoms with Gasteiger partial charge in [-0.3, -0.25) is 19.7 Å². The van der Waals surface area contributed by atoms with Gasteiger partial charge in [-0.1, -0.05) is 72.0 Å². The number of rotatable bonds is 21. The quantitative estimate of drug-likeness (QED) is 0.0418. The van der Waals surface area contributed by atoms with Gasteiger partial charge in [-0.05, 0) is 140 Å². The molecule has 1 heterocycles. The van der Waals surface area contributed by atoms with Crippen LogP contribution in [0.2, 0.25) is 0 Å². The molecular formula is C45H71N7O5. The summed E-state index contributed by atoms with van der Waals surface area (Å²) in [5, 5.41) is 31.5. The van der Waals surface area contributed by atoms with Crippen molar-refractivity contribution in [1.29, 1.82) is 0 Å². The van der Waals surface area contributed by atoms with E-state index in [0.717, 1.165) is 67.7 Å². The fourth-order valence-electron chi connectivity index (χ4n) is 11.9. The third-order valence-electron chi connectivity index (χ3n) is 15.1. The highest BCUT2D eigenvalue weighted by atomic mass is 16.6. The highest BCUT2D eigenvalue weighted by Crippen LogP contribution is 2.67. The highest BCUT2D eigenvalue weighted by Gasteiger charge is 2.59. The van der Waals surface area contributed by atoms with Crippen molar-refractivity contribution in [1.82, 2.24) is 26.3 Å². The first-order valence-electron chi connectivity index (χ1n) is 22.5. The van der Waals surface area contributed by atoms with Crippen LogP contribution in [0.1, 0.15) is 144 Å². The van der Waals surface area contributed by atoms with Gasteiger partial charge in [0.05, 0.1) is 10.6 Å². The number of fused-ring (bicyclic) bond motifs is 6. The maximum atomic E-state index is 12.4. The van der Waals surface area contributed by atoms with E-state index in [1.54, 1.807) is 11.6 Å². The lowest BCUT2D eigenvalue weighted by molar-refractivity contribution is -0.383. The minimum atomic E-state index is -0.513. The van der Waals surface area contributed by atoms with E-state index < -0.39 is 4.92 Å². The second-order valence-electron chi connectivity index (χ2n) is 19.1. The fourth-order valence-corrected chi connectivity index (χ4v) is 11.9. The Balaban J connectivity index is 0.808. The van der Waals surface area contributed by atoms with Crippen molar-refractivity contribution in [2.24, 2.45) is 46.3 Å². The average Bonchev–Trinajstić information content (AvgIpc) is 3.81. The smallest absolute Gasteiger partial charge is 0.300 e. The second-order valence-corrected chi connectivity index (χ2v) is 19.1. The number of nitro groups is 1. The van der Waals surface area contributed by atoms with Crippen molar-refractivity contribution in [2.45, 2.75) is 150 Å². The highest BCUT2D eigenvalue weighted by molar-refractivity contribution is 5.93. The number of unbranched alkanes of at least 4 members (excludes halogenated alkanes) is 2. The molecule has 0 saturated heterocycles. The van der Waals surface area contributed by atoms with Crippen LogP contribution >= 0.6 is 0 Å². The molecular weight excluding hydrogens is 719 g/mol. The number of anilines is 1. The van der Waals surface area contributed by atoms with Crippen molar-refractivity contribution in [3.63, 3.8) is 0 Å². The van der Waals surface area contributed by atoms with Crippen molar-refractivity contribution in [3.05, 3.63) is 33.9 Å². The van der Waals surface area contributed by atoms with Crippen LogP contribution in [-0.2, 0) is 9.59 Å². The Kier molecular flexibility index (Phi) is 14.7. The Hall–Kier alpha value is -3.54. The van der Waals surface area contributed by atoms with Crippen LogP contribution in [-0.4, -0.2) is 59.3 Å². The molecule has 1 aromatic carbocycles. The first-order chi connectivity index (χ1) is 27.4. The average molecular weight is 790 g/mol. The van der Waals surface area contributed by atoms with Crippen LogP contribution in [0.5, 0.6) is 0 Å². The topological polar surface area (TPSA) is 164 Å². The predicted octanol–water partition coefficient (Wildman–Crippen LogP) is 9.12. The van der Waals surface area contributed by atoms with Gasteiger partial charge in [0.1, 0.15) is 0 Å². The molecule has 3 fully saturated rings. The second kappa shape index (κ2) is 19.5. The minimum absolute atomic E-state index is 0.0304. The molecule has 1 aromatic heterocycles. The molecule has 0 spiro atoms. The maximum absolute atomic E-state index is 12.4. The number of carbonyl (C=O) groups is 2. The molecule has 12 heteroatoms. The van der Waals surface area contributed by atoms with Gasteiger partial charge in [-0.25, -0.2) is 4.63 Å². The molecule has 0 bridgehead atoms. The number of nitro benzene ring substituents is 1. The van der Waals surface area contributed by atoms with E-state index >= 15 is 0 Å². The normalized spacial score (nSPS) is 28.6. The van der Waals surface area contributed by atoms with Crippen LogP contribution in [0.25, 0.3) is 11.0 Å². The van der Waals surface area contributed by atoms with Crippen molar-refractivity contribution < 1.29 is 19.1 Å². The Labute approximate surface area is 340 Å². The molecule has 57 heavy (non-hydrogen) atoms. The maximum Gasteiger partial charge on any atom is 0.300 e. The first kappa shape index (κ1) is 43.0. The lowest BCUT2D eigenvalue weighted by Crippen LogP contribution is -2.51. The number of carbonyl (C=O) groups excluding carboxylic acids is 2. The summed E-state index contributed by atoms with van der Waals surface area (Å²) in [6, 6.07) is 3.51. The summed E-state index contributed by atoms with van der Waals surface area (Å²) in [5.74, 6) is 5.14. The molecule has 5 unspecified atom stereocenters. The van der Waals surface area contributed by atoms with E-state index in [2.05, 4.69) is 72.3 Å². The Morgan fingerprint density at radius 3 is 2.46 bits per heavy atom. The SMILES string of the molecule is CC(C)CCCC(C)[C@H]1CCC2C3CC=C4CC(NCCCNC(=O)CCNC(=O)CCCCCNc5ccc([N+](=O)[O-])c6nonc56)CC[C@]4(C)C3CC[C@@]21C. The summed E-state index contributed by atoms with van der Waals surface area (Å²) in [5.41, 5.74) is 3.55. The summed E-state index contributed by atoms with van der Waals surface area (Å²) in [6.07, 6.45) is 21.6. The van der Waals surface area contributed by atoms with E-state index in [9.17, 15) is 19.7 Å². The minimum Gasteiger partial charge on any atom is -0.383 e.